The van der Waals surface area contributed by atoms with Crippen molar-refractivity contribution in [3.8, 4) is 0 Å². The van der Waals surface area contributed by atoms with E-state index in [1.807, 2.05) is 0 Å². The molecule has 4 atom stereocenters. The summed E-state index contributed by atoms with van der Waals surface area (Å²) in [5.41, 5.74) is 16.0. The van der Waals surface area contributed by atoms with Gasteiger partial charge in [-0.15, -0.1) is 0 Å². The number of carboxylic acid groups (broad SMARTS) is 1. The average molecular weight is 372 g/mol. The fraction of sp³-hybridized carbons (Fsp3) is 0.875. The minimum Gasteiger partial charge on any atom is -0.480 e. The van der Waals surface area contributed by atoms with Gasteiger partial charge in [0, 0.05) is 12.5 Å². The molecule has 26 heavy (non-hydrogen) atoms. The van der Waals surface area contributed by atoms with Gasteiger partial charge in [0.2, 0.25) is 5.91 Å². The van der Waals surface area contributed by atoms with Crippen LogP contribution in [0.25, 0.3) is 0 Å². The van der Waals surface area contributed by atoms with Crippen LogP contribution in [0.1, 0.15) is 44.9 Å². The van der Waals surface area contributed by atoms with Crippen molar-refractivity contribution in [2.24, 2.45) is 29.0 Å². The Morgan fingerprint density at radius 2 is 1.96 bits per heavy atom. The molecule has 10 N–H and O–H groups in total. The molecule has 1 saturated carbocycles. The van der Waals surface area contributed by atoms with E-state index in [9.17, 15) is 14.7 Å². The van der Waals surface area contributed by atoms with E-state index in [4.69, 9.17) is 27.2 Å². The molecule has 9 nitrogen and oxygen atoms in total. The van der Waals surface area contributed by atoms with Crippen LogP contribution in [0.2, 0.25) is 6.32 Å². The first-order chi connectivity index (χ1) is 12.2. The van der Waals surface area contributed by atoms with E-state index < -0.39 is 30.6 Å². The molecule has 1 fully saturated rings. The number of rotatable bonds is 11. The molecule has 1 rings (SSSR count). The van der Waals surface area contributed by atoms with Gasteiger partial charge in [0.1, 0.15) is 5.54 Å². The topological polar surface area (TPSA) is 185 Å². The van der Waals surface area contributed by atoms with Crippen molar-refractivity contribution in [1.29, 1.82) is 0 Å². The summed E-state index contributed by atoms with van der Waals surface area (Å²) in [4.78, 5) is 23.8. The molecule has 0 aromatic heterocycles. The largest absolute Gasteiger partial charge is 0.480 e. The molecule has 0 radical (unpaired) electrons. The summed E-state index contributed by atoms with van der Waals surface area (Å²) in [7, 11) is -1.40. The lowest BCUT2D eigenvalue weighted by atomic mass is 9.66. The van der Waals surface area contributed by atoms with Crippen molar-refractivity contribution in [3.63, 3.8) is 0 Å². The Morgan fingerprint density at radius 3 is 2.54 bits per heavy atom. The van der Waals surface area contributed by atoms with Crippen molar-refractivity contribution >= 4 is 19.0 Å². The van der Waals surface area contributed by atoms with Crippen LogP contribution in [0.5, 0.6) is 0 Å². The van der Waals surface area contributed by atoms with Gasteiger partial charge in [-0.3, -0.25) is 9.59 Å². The summed E-state index contributed by atoms with van der Waals surface area (Å²) in [6, 6.07) is -0.638. The maximum Gasteiger partial charge on any atom is 0.451 e. The minimum absolute atomic E-state index is 0.0170. The highest BCUT2D eigenvalue weighted by Crippen LogP contribution is 2.38. The number of nitrogens with two attached hydrogens (primary N) is 3. The van der Waals surface area contributed by atoms with Crippen LogP contribution in [0.3, 0.4) is 0 Å². The molecule has 150 valence electrons. The molecule has 1 aliphatic rings. The molecule has 0 aliphatic heterocycles. The van der Waals surface area contributed by atoms with Crippen LogP contribution in [-0.2, 0) is 9.59 Å². The number of carbonyl (C=O) groups excluding carboxylic acids is 1. The lowest BCUT2D eigenvalue weighted by Crippen LogP contribution is -2.60. The van der Waals surface area contributed by atoms with Gasteiger partial charge in [0.05, 0.1) is 6.04 Å². The average Bonchev–Trinajstić information content (AvgIpc) is 2.58. The number of unbranched alkanes of at least 4 members (excludes halogenated alkanes) is 1. The molecule has 0 aromatic rings. The highest BCUT2D eigenvalue weighted by atomic mass is 16.4. The fourth-order valence-electron chi connectivity index (χ4n) is 3.61. The molecule has 0 bridgehead atoms. The van der Waals surface area contributed by atoms with Crippen molar-refractivity contribution in [2.45, 2.75) is 62.8 Å². The molecule has 1 aliphatic carbocycles. The second-order valence-electron chi connectivity index (χ2n) is 7.38. The molecule has 10 heteroatoms. The molecule has 0 heterocycles. The Hall–Kier alpha value is -1.20. The van der Waals surface area contributed by atoms with Gasteiger partial charge in [-0.05, 0) is 50.9 Å². The molecule has 1 amide bonds. The second kappa shape index (κ2) is 10.8. The third-order valence-corrected chi connectivity index (χ3v) is 5.34. The number of amides is 1. The van der Waals surface area contributed by atoms with Crippen molar-refractivity contribution in [3.05, 3.63) is 0 Å². The molecular weight excluding hydrogens is 339 g/mol. The van der Waals surface area contributed by atoms with E-state index >= 15 is 0 Å². The highest BCUT2D eigenvalue weighted by molar-refractivity contribution is 6.40. The van der Waals surface area contributed by atoms with Crippen molar-refractivity contribution in [1.82, 2.24) is 5.32 Å². The molecule has 0 spiro atoms. The van der Waals surface area contributed by atoms with Crippen LogP contribution in [0, 0.1) is 11.8 Å². The number of hydrogen-bond acceptors (Lipinski definition) is 7. The quantitative estimate of drug-likeness (QED) is 0.171. The first-order valence-corrected chi connectivity index (χ1v) is 9.32. The van der Waals surface area contributed by atoms with Crippen LogP contribution in [0.15, 0.2) is 0 Å². The van der Waals surface area contributed by atoms with Crippen LogP contribution >= 0.6 is 0 Å². The first kappa shape index (κ1) is 22.8. The summed E-state index contributed by atoms with van der Waals surface area (Å²) in [5, 5.41) is 30.3. The van der Waals surface area contributed by atoms with Gasteiger partial charge in [-0.1, -0.05) is 12.8 Å². The summed E-state index contributed by atoms with van der Waals surface area (Å²) >= 11 is 0. The zero-order chi connectivity index (χ0) is 19.7. The lowest BCUT2D eigenvalue weighted by Gasteiger charge is -2.41. The fourth-order valence-corrected chi connectivity index (χ4v) is 3.61. The van der Waals surface area contributed by atoms with Crippen LogP contribution in [-0.4, -0.2) is 58.8 Å². The normalized spacial score (nSPS) is 27.0. The Balaban J connectivity index is 2.57. The molecule has 0 saturated heterocycles. The lowest BCUT2D eigenvalue weighted by molar-refractivity contribution is -0.148. The van der Waals surface area contributed by atoms with E-state index in [-0.39, 0.29) is 31.1 Å². The van der Waals surface area contributed by atoms with Gasteiger partial charge in [-0.25, -0.2) is 0 Å². The van der Waals surface area contributed by atoms with Gasteiger partial charge >= 0.3 is 13.1 Å². The van der Waals surface area contributed by atoms with Crippen molar-refractivity contribution in [2.75, 3.05) is 13.1 Å². The number of carbonyl (C=O) groups is 2. The Labute approximate surface area is 154 Å². The summed E-state index contributed by atoms with van der Waals surface area (Å²) in [5.74, 6) is -1.78. The van der Waals surface area contributed by atoms with E-state index in [1.54, 1.807) is 0 Å². The maximum absolute atomic E-state index is 12.1. The Kier molecular flexibility index (Phi) is 9.52. The minimum atomic E-state index is -1.44. The Bertz CT molecular complexity index is 468. The van der Waals surface area contributed by atoms with E-state index in [2.05, 4.69) is 5.32 Å². The molecule has 0 unspecified atom stereocenters. The third kappa shape index (κ3) is 6.84. The van der Waals surface area contributed by atoms with E-state index in [1.165, 1.54) is 0 Å². The van der Waals surface area contributed by atoms with Crippen LogP contribution in [0.4, 0.5) is 0 Å². The standard InChI is InChI=1S/C16H33BN4O5/c18-8-2-1-3-13(19)14(22)21-10-12-5-4-11(6-7-17(25)26)9-16(12,20)15(23)24/h11-13,25-26H,1-10,18-20H2,(H,21,22)(H,23,24)/t11-,12-,13-,16+/m0/s1. The smallest absolute Gasteiger partial charge is 0.451 e. The predicted octanol–water partition coefficient (Wildman–Crippen LogP) is -1.38. The van der Waals surface area contributed by atoms with Gasteiger partial charge < -0.3 is 37.7 Å². The predicted molar refractivity (Wildman–Crippen MR) is 98.9 cm³/mol. The van der Waals surface area contributed by atoms with Gasteiger partial charge in [0.25, 0.3) is 0 Å². The monoisotopic (exact) mass is 372 g/mol. The number of carboxylic acids is 1. The summed E-state index contributed by atoms with van der Waals surface area (Å²) < 4.78 is 0. The zero-order valence-electron chi connectivity index (χ0n) is 15.3. The third-order valence-electron chi connectivity index (χ3n) is 5.34. The van der Waals surface area contributed by atoms with Crippen molar-refractivity contribution < 1.29 is 24.7 Å². The summed E-state index contributed by atoms with van der Waals surface area (Å²) in [6.07, 6.45) is 4.35. The van der Waals surface area contributed by atoms with E-state index in [0.717, 1.165) is 19.3 Å². The summed E-state index contributed by atoms with van der Waals surface area (Å²) in [6.45, 7) is 0.723. The second-order valence-corrected chi connectivity index (χ2v) is 7.38. The van der Waals surface area contributed by atoms with Crippen LogP contribution < -0.4 is 22.5 Å². The highest BCUT2D eigenvalue weighted by Gasteiger charge is 2.47. The molecule has 0 aromatic carbocycles. The molecular formula is C16H33BN4O5. The van der Waals surface area contributed by atoms with Gasteiger partial charge in [0.15, 0.2) is 0 Å². The zero-order valence-corrected chi connectivity index (χ0v) is 15.3. The van der Waals surface area contributed by atoms with E-state index in [0.29, 0.717) is 25.8 Å². The number of nitrogens with one attached hydrogen (secondary N) is 1. The first-order valence-electron chi connectivity index (χ1n) is 9.32. The Morgan fingerprint density at radius 1 is 1.27 bits per heavy atom. The maximum atomic E-state index is 12.1. The van der Waals surface area contributed by atoms with Gasteiger partial charge in [-0.2, -0.15) is 0 Å². The number of aliphatic carboxylic acids is 1. The SMILES string of the molecule is NCCCC[C@H](N)C(=O)NC[C@@H]1CC[C@@H](CCB(O)O)C[C@]1(N)C(=O)O. The number of hydrogen-bond donors (Lipinski definition) is 7.